The second kappa shape index (κ2) is 8.13. The first kappa shape index (κ1) is 19.2. The summed E-state index contributed by atoms with van der Waals surface area (Å²) < 4.78 is 28.1. The normalized spacial score (nSPS) is 17.5. The third kappa shape index (κ3) is 4.56. The summed E-state index contributed by atoms with van der Waals surface area (Å²) >= 11 is 9.18. The zero-order valence-electron chi connectivity index (χ0n) is 11.4. The van der Waals surface area contributed by atoms with Crippen LogP contribution in [0, 0.1) is 5.92 Å². The van der Waals surface area contributed by atoms with Crippen molar-refractivity contribution in [3.63, 3.8) is 0 Å². The Morgan fingerprint density at radius 2 is 2.00 bits per heavy atom. The molecule has 1 aromatic carbocycles. The zero-order valence-corrected chi connectivity index (χ0v) is 15.4. The quantitative estimate of drug-likeness (QED) is 0.771. The molecule has 1 unspecified atom stereocenters. The van der Waals surface area contributed by atoms with Crippen LogP contribution < -0.4 is 10.5 Å². The molecule has 2 rings (SSSR count). The summed E-state index contributed by atoms with van der Waals surface area (Å²) in [5.74, 6) is 0.327. The Balaban J connectivity index is 0.00000220. The van der Waals surface area contributed by atoms with Gasteiger partial charge in [-0.2, -0.15) is 0 Å². The van der Waals surface area contributed by atoms with Gasteiger partial charge in [0.1, 0.15) is 0 Å². The fraction of sp³-hybridized carbons (Fsp3) is 0.538. The van der Waals surface area contributed by atoms with Gasteiger partial charge in [-0.1, -0.05) is 30.5 Å². The van der Waals surface area contributed by atoms with Crippen molar-refractivity contribution >= 4 is 50.0 Å². The van der Waals surface area contributed by atoms with E-state index in [1.54, 1.807) is 12.1 Å². The monoisotopic (exact) mass is 416 g/mol. The number of sulfonamides is 1. The number of nitrogens with two attached hydrogens (primary N) is 1. The smallest absolute Gasteiger partial charge is 0.242 e. The molecule has 120 valence electrons. The van der Waals surface area contributed by atoms with E-state index in [1.165, 1.54) is 6.07 Å². The molecule has 0 aliphatic heterocycles. The summed E-state index contributed by atoms with van der Waals surface area (Å²) in [6.07, 6.45) is 4.34. The van der Waals surface area contributed by atoms with E-state index >= 15 is 0 Å². The molecule has 0 aromatic heterocycles. The molecule has 8 heteroatoms. The van der Waals surface area contributed by atoms with E-state index in [2.05, 4.69) is 20.7 Å². The standard InChI is InChI=1S/C13H18BrClN2O2S.ClH/c14-13-10(15)6-3-7-12(13)20(18,19)17-11(8-16)9-4-1-2-5-9;/h3,6-7,9,11,17H,1-2,4-5,8,16H2;1H. The van der Waals surface area contributed by atoms with Crippen LogP contribution in [0.2, 0.25) is 5.02 Å². The van der Waals surface area contributed by atoms with E-state index < -0.39 is 10.0 Å². The van der Waals surface area contributed by atoms with Gasteiger partial charge in [0.25, 0.3) is 0 Å². The maximum atomic E-state index is 12.5. The fourth-order valence-electron chi connectivity index (χ4n) is 2.65. The Morgan fingerprint density at radius 1 is 1.38 bits per heavy atom. The van der Waals surface area contributed by atoms with Crippen LogP contribution in [0.25, 0.3) is 0 Å². The first-order chi connectivity index (χ1) is 9.45. The number of halogens is 3. The van der Waals surface area contributed by atoms with Gasteiger partial charge in [-0.25, -0.2) is 13.1 Å². The lowest BCUT2D eigenvalue weighted by Gasteiger charge is -2.23. The average molecular weight is 418 g/mol. The predicted molar refractivity (Wildman–Crippen MR) is 91.5 cm³/mol. The zero-order chi connectivity index (χ0) is 14.8. The molecule has 0 spiro atoms. The fourth-order valence-corrected chi connectivity index (χ4v) is 5.20. The van der Waals surface area contributed by atoms with Crippen molar-refractivity contribution in [1.29, 1.82) is 0 Å². The highest BCUT2D eigenvalue weighted by atomic mass is 79.9. The van der Waals surface area contributed by atoms with Gasteiger partial charge < -0.3 is 5.73 Å². The minimum absolute atomic E-state index is 0. The van der Waals surface area contributed by atoms with Crippen LogP contribution in [0.1, 0.15) is 25.7 Å². The van der Waals surface area contributed by atoms with Crippen LogP contribution >= 0.6 is 39.9 Å². The van der Waals surface area contributed by atoms with Crippen molar-refractivity contribution in [2.24, 2.45) is 11.7 Å². The molecule has 0 bridgehead atoms. The van der Waals surface area contributed by atoms with Gasteiger partial charge in [0.15, 0.2) is 0 Å². The topological polar surface area (TPSA) is 72.2 Å². The highest BCUT2D eigenvalue weighted by molar-refractivity contribution is 9.10. The second-order valence-electron chi connectivity index (χ2n) is 5.06. The van der Waals surface area contributed by atoms with Gasteiger partial charge in [-0.05, 0) is 46.8 Å². The van der Waals surface area contributed by atoms with Gasteiger partial charge in [-0.15, -0.1) is 12.4 Å². The third-order valence-electron chi connectivity index (χ3n) is 3.74. The molecular formula is C13H19BrCl2N2O2S. The molecule has 0 heterocycles. The molecule has 1 atom stereocenters. The number of hydrogen-bond donors (Lipinski definition) is 2. The van der Waals surface area contributed by atoms with Crippen molar-refractivity contribution < 1.29 is 8.42 Å². The SMILES string of the molecule is Cl.NCC(NS(=O)(=O)c1cccc(Cl)c1Br)C1CCCC1. The van der Waals surface area contributed by atoms with Gasteiger partial charge in [-0.3, -0.25) is 0 Å². The largest absolute Gasteiger partial charge is 0.329 e. The van der Waals surface area contributed by atoms with Crippen molar-refractivity contribution in [3.05, 3.63) is 27.7 Å². The maximum absolute atomic E-state index is 12.5. The third-order valence-corrected chi connectivity index (χ3v) is 6.93. The number of nitrogens with one attached hydrogen (secondary N) is 1. The molecule has 1 aliphatic rings. The van der Waals surface area contributed by atoms with Crippen molar-refractivity contribution in [2.45, 2.75) is 36.6 Å². The first-order valence-electron chi connectivity index (χ1n) is 6.62. The summed E-state index contributed by atoms with van der Waals surface area (Å²) in [7, 11) is -3.62. The van der Waals surface area contributed by atoms with Crippen molar-refractivity contribution in [1.82, 2.24) is 4.72 Å². The molecule has 3 N–H and O–H groups in total. The molecule has 4 nitrogen and oxygen atoms in total. The maximum Gasteiger partial charge on any atom is 0.242 e. The number of hydrogen-bond acceptors (Lipinski definition) is 3. The second-order valence-corrected chi connectivity index (χ2v) is 7.94. The van der Waals surface area contributed by atoms with Gasteiger partial charge in [0.05, 0.1) is 14.4 Å². The van der Waals surface area contributed by atoms with Crippen molar-refractivity contribution in [3.8, 4) is 0 Å². The van der Waals surface area contributed by atoms with Crippen LogP contribution in [0.4, 0.5) is 0 Å². The minimum Gasteiger partial charge on any atom is -0.329 e. The summed E-state index contributed by atoms with van der Waals surface area (Å²) in [4.78, 5) is 0.154. The van der Waals surface area contributed by atoms with E-state index in [-0.39, 0.29) is 23.3 Å². The van der Waals surface area contributed by atoms with Crippen LogP contribution in [0.5, 0.6) is 0 Å². The summed E-state index contributed by atoms with van der Waals surface area (Å²) in [5, 5.41) is 0.373. The molecular weight excluding hydrogens is 399 g/mol. The Hall–Kier alpha value is 0.150. The molecule has 0 radical (unpaired) electrons. The molecule has 0 saturated heterocycles. The number of rotatable bonds is 5. The number of benzene rings is 1. The van der Waals surface area contributed by atoms with Crippen LogP contribution in [0.3, 0.4) is 0 Å². The summed E-state index contributed by atoms with van der Waals surface area (Å²) in [5.41, 5.74) is 5.74. The van der Waals surface area contributed by atoms with Gasteiger partial charge in [0, 0.05) is 12.6 Å². The molecule has 0 amide bonds. The Bertz CT molecular complexity index is 578. The Morgan fingerprint density at radius 3 is 2.57 bits per heavy atom. The lowest BCUT2D eigenvalue weighted by atomic mass is 9.99. The van der Waals surface area contributed by atoms with E-state index in [0.29, 0.717) is 22.0 Å². The molecule has 1 fully saturated rings. The lowest BCUT2D eigenvalue weighted by molar-refractivity contribution is 0.405. The van der Waals surface area contributed by atoms with E-state index in [0.717, 1.165) is 25.7 Å². The highest BCUT2D eigenvalue weighted by Gasteiger charge is 2.29. The Kier molecular flexibility index (Phi) is 7.43. The summed E-state index contributed by atoms with van der Waals surface area (Å²) in [6.45, 7) is 0.308. The summed E-state index contributed by atoms with van der Waals surface area (Å²) in [6, 6.07) is 4.57. The molecule has 21 heavy (non-hydrogen) atoms. The Labute approximate surface area is 145 Å². The molecule has 1 aliphatic carbocycles. The van der Waals surface area contributed by atoms with Crippen LogP contribution in [0.15, 0.2) is 27.6 Å². The minimum atomic E-state index is -3.62. The van der Waals surface area contributed by atoms with Gasteiger partial charge in [0.2, 0.25) is 10.0 Å². The van der Waals surface area contributed by atoms with Crippen LogP contribution in [-0.4, -0.2) is 21.0 Å². The van der Waals surface area contributed by atoms with Crippen LogP contribution in [-0.2, 0) is 10.0 Å². The molecule has 1 saturated carbocycles. The van der Waals surface area contributed by atoms with E-state index in [9.17, 15) is 8.42 Å². The van der Waals surface area contributed by atoms with Gasteiger partial charge >= 0.3 is 0 Å². The first-order valence-corrected chi connectivity index (χ1v) is 9.27. The average Bonchev–Trinajstić information content (AvgIpc) is 2.93. The van der Waals surface area contributed by atoms with E-state index in [1.807, 2.05) is 0 Å². The van der Waals surface area contributed by atoms with Crippen molar-refractivity contribution in [2.75, 3.05) is 6.54 Å². The molecule has 1 aromatic rings. The predicted octanol–water partition coefficient (Wildman–Crippen LogP) is 3.32. The lowest BCUT2D eigenvalue weighted by Crippen LogP contribution is -2.44. The highest BCUT2D eigenvalue weighted by Crippen LogP contribution is 2.31. The van der Waals surface area contributed by atoms with E-state index in [4.69, 9.17) is 17.3 Å².